The summed E-state index contributed by atoms with van der Waals surface area (Å²) >= 11 is 3.52. The molecule has 7 heteroatoms. The van der Waals surface area contributed by atoms with Crippen molar-refractivity contribution >= 4 is 33.8 Å². The number of benzene rings is 3. The lowest BCUT2D eigenvalue weighted by Gasteiger charge is -2.13. The van der Waals surface area contributed by atoms with Crippen LogP contribution in [-0.4, -0.2) is 24.4 Å². The Labute approximate surface area is 176 Å². The minimum absolute atomic E-state index is 0.188. The predicted octanol–water partition coefficient (Wildman–Crippen LogP) is 5.18. The summed E-state index contributed by atoms with van der Waals surface area (Å²) in [6, 6.07) is 19.9. The smallest absolute Gasteiger partial charge is 0.335 e. The van der Waals surface area contributed by atoms with Gasteiger partial charge in [-0.2, -0.15) is 5.10 Å². The van der Waals surface area contributed by atoms with Gasteiger partial charge in [0.05, 0.1) is 24.6 Å². The molecule has 0 atom stereocenters. The number of nitrogens with one attached hydrogen (secondary N) is 1. The number of hydrogen-bond donors (Lipinski definition) is 2. The van der Waals surface area contributed by atoms with E-state index in [0.717, 1.165) is 15.6 Å². The molecule has 0 aliphatic rings. The number of carboxylic acid groups (broad SMARTS) is 1. The molecule has 0 aromatic heterocycles. The second-order valence-corrected chi connectivity index (χ2v) is 6.91. The highest BCUT2D eigenvalue weighted by molar-refractivity contribution is 9.10. The van der Waals surface area contributed by atoms with Crippen molar-refractivity contribution in [3.63, 3.8) is 0 Å². The van der Waals surface area contributed by atoms with E-state index in [2.05, 4.69) is 26.5 Å². The third-order valence-electron chi connectivity index (χ3n) is 4.03. The molecule has 0 radical (unpaired) electrons. The van der Waals surface area contributed by atoms with E-state index in [1.165, 1.54) is 12.1 Å². The molecule has 3 aromatic carbocycles. The lowest BCUT2D eigenvalue weighted by molar-refractivity contribution is 0.0697. The topological polar surface area (TPSA) is 80.2 Å². The van der Waals surface area contributed by atoms with E-state index in [4.69, 9.17) is 14.6 Å². The minimum Gasteiger partial charge on any atom is -0.493 e. The molecule has 6 nitrogen and oxygen atoms in total. The molecule has 0 saturated heterocycles. The fraction of sp³-hybridized carbons (Fsp3) is 0.0909. The quantitative estimate of drug-likeness (QED) is 0.362. The Hall–Kier alpha value is -3.32. The Morgan fingerprint density at radius 3 is 2.62 bits per heavy atom. The van der Waals surface area contributed by atoms with E-state index in [-0.39, 0.29) is 5.56 Å². The summed E-state index contributed by atoms with van der Waals surface area (Å²) in [5.74, 6) is 0.206. The molecule has 3 rings (SSSR count). The van der Waals surface area contributed by atoms with Crippen LogP contribution in [0.4, 0.5) is 5.69 Å². The zero-order chi connectivity index (χ0) is 20.6. The number of anilines is 1. The minimum atomic E-state index is -0.990. The van der Waals surface area contributed by atoms with Gasteiger partial charge in [0.15, 0.2) is 11.5 Å². The van der Waals surface area contributed by atoms with Gasteiger partial charge in [0.1, 0.15) is 6.61 Å². The highest BCUT2D eigenvalue weighted by atomic mass is 79.9. The zero-order valence-corrected chi connectivity index (χ0v) is 17.2. The van der Waals surface area contributed by atoms with Gasteiger partial charge in [-0.05, 0) is 51.8 Å². The van der Waals surface area contributed by atoms with Crippen LogP contribution in [0.1, 0.15) is 21.5 Å². The highest BCUT2D eigenvalue weighted by Gasteiger charge is 2.10. The largest absolute Gasteiger partial charge is 0.493 e. The number of rotatable bonds is 8. The summed E-state index contributed by atoms with van der Waals surface area (Å²) in [5.41, 5.74) is 5.42. The lowest BCUT2D eigenvalue weighted by Crippen LogP contribution is -2.00. The maximum Gasteiger partial charge on any atom is 0.335 e. The molecule has 148 valence electrons. The number of nitrogens with zero attached hydrogens (tertiary/aromatic N) is 1. The first-order chi connectivity index (χ1) is 14.1. The van der Waals surface area contributed by atoms with E-state index in [1.54, 1.807) is 25.5 Å². The van der Waals surface area contributed by atoms with Gasteiger partial charge in [-0.1, -0.05) is 36.4 Å². The van der Waals surface area contributed by atoms with Gasteiger partial charge in [0.2, 0.25) is 0 Å². The summed E-state index contributed by atoms with van der Waals surface area (Å²) < 4.78 is 12.1. The number of hydrazone groups is 1. The van der Waals surface area contributed by atoms with Crippen molar-refractivity contribution in [2.24, 2.45) is 5.10 Å². The second kappa shape index (κ2) is 9.75. The molecule has 0 spiro atoms. The van der Waals surface area contributed by atoms with Crippen LogP contribution in [0.25, 0.3) is 0 Å². The van der Waals surface area contributed by atoms with Crippen LogP contribution < -0.4 is 14.9 Å². The fourth-order valence-electron chi connectivity index (χ4n) is 2.56. The van der Waals surface area contributed by atoms with Gasteiger partial charge in [0, 0.05) is 10.0 Å². The number of carbonyl (C=O) groups is 1. The predicted molar refractivity (Wildman–Crippen MR) is 116 cm³/mol. The lowest BCUT2D eigenvalue weighted by atomic mass is 10.2. The maximum atomic E-state index is 11.0. The van der Waals surface area contributed by atoms with Crippen molar-refractivity contribution < 1.29 is 19.4 Å². The van der Waals surface area contributed by atoms with E-state index >= 15 is 0 Å². The van der Waals surface area contributed by atoms with Gasteiger partial charge in [0.25, 0.3) is 0 Å². The van der Waals surface area contributed by atoms with Crippen LogP contribution in [0.5, 0.6) is 11.5 Å². The molecule has 0 heterocycles. The van der Waals surface area contributed by atoms with Crippen LogP contribution in [0.15, 0.2) is 76.3 Å². The maximum absolute atomic E-state index is 11.0. The van der Waals surface area contributed by atoms with Crippen LogP contribution in [-0.2, 0) is 6.61 Å². The summed E-state index contributed by atoms with van der Waals surface area (Å²) in [5, 5.41) is 13.2. The van der Waals surface area contributed by atoms with Gasteiger partial charge >= 0.3 is 5.97 Å². The number of hydrogen-bond acceptors (Lipinski definition) is 5. The average Bonchev–Trinajstić information content (AvgIpc) is 2.74. The molecule has 0 fully saturated rings. The number of carboxylic acids is 1. The Bertz CT molecular complexity index is 1020. The number of halogens is 1. The Morgan fingerprint density at radius 2 is 1.90 bits per heavy atom. The Balaban J connectivity index is 1.72. The van der Waals surface area contributed by atoms with E-state index in [9.17, 15) is 4.79 Å². The van der Waals surface area contributed by atoms with Crippen molar-refractivity contribution in [1.29, 1.82) is 0 Å². The average molecular weight is 455 g/mol. The number of methoxy groups -OCH3 is 1. The molecule has 0 unspecified atom stereocenters. The van der Waals surface area contributed by atoms with Crippen molar-refractivity contribution in [2.75, 3.05) is 12.5 Å². The molecule has 0 aliphatic carbocycles. The third kappa shape index (κ3) is 5.58. The Kier molecular flexibility index (Phi) is 6.86. The summed E-state index contributed by atoms with van der Waals surface area (Å²) in [6.45, 7) is 0.429. The second-order valence-electron chi connectivity index (χ2n) is 6.05. The van der Waals surface area contributed by atoms with Crippen molar-refractivity contribution in [3.05, 3.63) is 87.9 Å². The molecule has 0 saturated carbocycles. The number of aromatic carboxylic acids is 1. The molecule has 0 bridgehead atoms. The van der Waals surface area contributed by atoms with Gasteiger partial charge in [-0.15, -0.1) is 0 Å². The molecular formula is C22H19BrN2O4. The van der Waals surface area contributed by atoms with Crippen LogP contribution in [0.2, 0.25) is 0 Å². The molecule has 29 heavy (non-hydrogen) atoms. The van der Waals surface area contributed by atoms with Crippen molar-refractivity contribution in [3.8, 4) is 11.5 Å². The molecule has 3 aromatic rings. The first kappa shape index (κ1) is 20.4. The van der Waals surface area contributed by atoms with Crippen LogP contribution >= 0.6 is 15.9 Å². The summed E-state index contributed by atoms with van der Waals surface area (Å²) in [6.07, 6.45) is 1.61. The van der Waals surface area contributed by atoms with Gasteiger partial charge in [-0.3, -0.25) is 5.43 Å². The molecule has 2 N–H and O–H groups in total. The van der Waals surface area contributed by atoms with Crippen LogP contribution in [0.3, 0.4) is 0 Å². The van der Waals surface area contributed by atoms with Crippen molar-refractivity contribution in [1.82, 2.24) is 0 Å². The highest BCUT2D eigenvalue weighted by Crippen LogP contribution is 2.33. The standard InChI is InChI=1S/C22H19BrN2O4/c1-28-20-11-17(13-24-25-18-9-5-8-16(10-18)22(26)27)19(23)12-21(20)29-14-15-6-3-2-4-7-15/h2-13,25H,14H2,1H3,(H,26,27). The first-order valence-corrected chi connectivity index (χ1v) is 9.53. The Morgan fingerprint density at radius 1 is 1.10 bits per heavy atom. The monoisotopic (exact) mass is 454 g/mol. The molecular weight excluding hydrogens is 436 g/mol. The normalized spacial score (nSPS) is 10.7. The number of ether oxygens (including phenoxy) is 2. The van der Waals surface area contributed by atoms with E-state index < -0.39 is 5.97 Å². The SMILES string of the molecule is COc1cc(C=NNc2cccc(C(=O)O)c2)c(Br)cc1OCc1ccccc1. The first-order valence-electron chi connectivity index (χ1n) is 8.73. The fourth-order valence-corrected chi connectivity index (χ4v) is 2.98. The van der Waals surface area contributed by atoms with Crippen LogP contribution in [0, 0.1) is 0 Å². The third-order valence-corrected chi connectivity index (χ3v) is 4.71. The van der Waals surface area contributed by atoms with Crippen molar-refractivity contribution in [2.45, 2.75) is 6.61 Å². The van der Waals surface area contributed by atoms with E-state index in [1.807, 2.05) is 42.5 Å². The zero-order valence-electron chi connectivity index (χ0n) is 15.6. The molecule has 0 amide bonds. The summed E-state index contributed by atoms with van der Waals surface area (Å²) in [7, 11) is 1.58. The van der Waals surface area contributed by atoms with Gasteiger partial charge in [-0.25, -0.2) is 4.79 Å². The van der Waals surface area contributed by atoms with Gasteiger partial charge < -0.3 is 14.6 Å². The molecule has 0 aliphatic heterocycles. The summed E-state index contributed by atoms with van der Waals surface area (Å²) in [4.78, 5) is 11.0. The van der Waals surface area contributed by atoms with E-state index in [0.29, 0.717) is 23.8 Å².